The van der Waals surface area contributed by atoms with Crippen molar-refractivity contribution in [3.8, 4) is 0 Å². The zero-order valence-electron chi connectivity index (χ0n) is 11.6. The quantitative estimate of drug-likeness (QED) is 0.760. The summed E-state index contributed by atoms with van der Waals surface area (Å²) < 4.78 is 20.4. The third kappa shape index (κ3) is 3.99. The number of nitrogens with zero attached hydrogens (tertiary/aromatic N) is 1. The highest BCUT2D eigenvalue weighted by atomic mass is 32.1. The van der Waals surface area contributed by atoms with E-state index >= 15 is 0 Å². The number of thiophene rings is 1. The molecule has 0 spiro atoms. The largest absolute Gasteiger partial charge is 0.395 e. The number of rotatable bonds is 8. The number of fused-ring (bicyclic) bond motifs is 1. The third-order valence-electron chi connectivity index (χ3n) is 3.26. The van der Waals surface area contributed by atoms with Crippen LogP contribution in [0, 0.1) is 5.82 Å². The van der Waals surface area contributed by atoms with Crippen LogP contribution in [-0.4, -0.2) is 50.0 Å². The summed E-state index contributed by atoms with van der Waals surface area (Å²) in [4.78, 5) is 2.00. The third-order valence-corrected chi connectivity index (χ3v) is 4.25. The highest BCUT2D eigenvalue weighted by molar-refractivity contribution is 7.17. The molecule has 5 heteroatoms. The van der Waals surface area contributed by atoms with Gasteiger partial charge in [-0.2, -0.15) is 0 Å². The summed E-state index contributed by atoms with van der Waals surface area (Å²) in [5.74, 6) is -0.152. The van der Waals surface area contributed by atoms with Gasteiger partial charge in [-0.25, -0.2) is 4.39 Å². The summed E-state index contributed by atoms with van der Waals surface area (Å²) in [6.07, 6.45) is 0.591. The molecule has 1 N–H and O–H groups in total. The van der Waals surface area contributed by atoms with E-state index in [4.69, 9.17) is 9.84 Å². The Kier molecular flexibility index (Phi) is 5.91. The zero-order chi connectivity index (χ0) is 14.4. The van der Waals surface area contributed by atoms with Crippen LogP contribution in [0.25, 0.3) is 10.1 Å². The SMILES string of the molecule is CN(CCO)CCOCCc1c(F)ccc2ccsc12. The van der Waals surface area contributed by atoms with E-state index in [0.717, 1.165) is 22.2 Å². The molecule has 0 fully saturated rings. The summed E-state index contributed by atoms with van der Waals surface area (Å²) in [6.45, 7) is 2.68. The smallest absolute Gasteiger partial charge is 0.127 e. The first-order valence-electron chi connectivity index (χ1n) is 6.74. The number of halogens is 1. The van der Waals surface area contributed by atoms with E-state index in [1.807, 2.05) is 29.5 Å². The molecule has 0 aliphatic rings. The van der Waals surface area contributed by atoms with E-state index in [2.05, 4.69) is 0 Å². The Labute approximate surface area is 122 Å². The minimum absolute atomic E-state index is 0.152. The summed E-state index contributed by atoms with van der Waals surface area (Å²) >= 11 is 1.57. The predicted octanol–water partition coefficient (Wildman–Crippen LogP) is 2.52. The molecule has 1 heterocycles. The lowest BCUT2D eigenvalue weighted by atomic mass is 10.1. The van der Waals surface area contributed by atoms with Crippen LogP contribution in [0.3, 0.4) is 0 Å². The first kappa shape index (κ1) is 15.4. The molecule has 2 rings (SSSR count). The summed E-state index contributed by atoms with van der Waals surface area (Å²) in [5, 5.41) is 11.9. The van der Waals surface area contributed by atoms with Gasteiger partial charge in [-0.05, 0) is 29.9 Å². The van der Waals surface area contributed by atoms with E-state index in [-0.39, 0.29) is 12.4 Å². The second-order valence-corrected chi connectivity index (χ2v) is 5.67. The Morgan fingerprint density at radius 1 is 1.25 bits per heavy atom. The van der Waals surface area contributed by atoms with Crippen molar-refractivity contribution in [3.63, 3.8) is 0 Å². The van der Waals surface area contributed by atoms with Crippen molar-refractivity contribution in [2.75, 3.05) is 40.0 Å². The second-order valence-electron chi connectivity index (χ2n) is 4.75. The van der Waals surface area contributed by atoms with Crippen molar-refractivity contribution in [1.82, 2.24) is 4.90 Å². The maximum absolute atomic E-state index is 13.9. The molecule has 0 amide bonds. The van der Waals surface area contributed by atoms with Gasteiger partial charge in [0, 0.05) is 29.8 Å². The zero-order valence-corrected chi connectivity index (χ0v) is 12.5. The van der Waals surface area contributed by atoms with Gasteiger partial charge in [0.15, 0.2) is 0 Å². The fourth-order valence-corrected chi connectivity index (χ4v) is 3.04. The topological polar surface area (TPSA) is 32.7 Å². The molecular formula is C15H20FNO2S. The van der Waals surface area contributed by atoms with Gasteiger partial charge in [-0.15, -0.1) is 11.3 Å². The van der Waals surface area contributed by atoms with Gasteiger partial charge >= 0.3 is 0 Å². The average molecular weight is 297 g/mol. The Bertz CT molecular complexity index is 544. The van der Waals surface area contributed by atoms with Gasteiger partial charge in [-0.3, -0.25) is 0 Å². The predicted molar refractivity (Wildman–Crippen MR) is 80.9 cm³/mol. The van der Waals surface area contributed by atoms with Crippen LogP contribution < -0.4 is 0 Å². The molecule has 0 saturated carbocycles. The van der Waals surface area contributed by atoms with Gasteiger partial charge in [0.25, 0.3) is 0 Å². The molecule has 1 aromatic heterocycles. The van der Waals surface area contributed by atoms with Crippen molar-refractivity contribution >= 4 is 21.4 Å². The molecule has 0 unspecified atom stereocenters. The van der Waals surface area contributed by atoms with Crippen molar-refractivity contribution in [2.24, 2.45) is 0 Å². The van der Waals surface area contributed by atoms with E-state index < -0.39 is 0 Å². The number of benzene rings is 1. The molecule has 110 valence electrons. The van der Waals surface area contributed by atoms with Crippen LogP contribution in [0.4, 0.5) is 4.39 Å². The van der Waals surface area contributed by atoms with Crippen LogP contribution in [0.1, 0.15) is 5.56 Å². The first-order chi connectivity index (χ1) is 9.72. The van der Waals surface area contributed by atoms with E-state index in [0.29, 0.717) is 26.2 Å². The van der Waals surface area contributed by atoms with Crippen LogP contribution in [0.5, 0.6) is 0 Å². The summed E-state index contributed by atoms with van der Waals surface area (Å²) in [6, 6.07) is 5.35. The van der Waals surface area contributed by atoms with Crippen LogP contribution in [0.2, 0.25) is 0 Å². The Hall–Kier alpha value is -1.01. The van der Waals surface area contributed by atoms with Gasteiger partial charge in [-0.1, -0.05) is 6.07 Å². The van der Waals surface area contributed by atoms with Gasteiger partial charge < -0.3 is 14.7 Å². The molecule has 0 saturated heterocycles. The van der Waals surface area contributed by atoms with Gasteiger partial charge in [0.1, 0.15) is 5.82 Å². The highest BCUT2D eigenvalue weighted by Crippen LogP contribution is 2.27. The standard InChI is InChI=1S/C15H20FNO2S/c1-17(6-8-18)7-10-19-9-4-13-14(16)3-2-12-5-11-20-15(12)13/h2-3,5,11,18H,4,6-10H2,1H3. The normalized spacial score (nSPS) is 11.6. The van der Waals surface area contributed by atoms with E-state index in [9.17, 15) is 4.39 Å². The highest BCUT2D eigenvalue weighted by Gasteiger charge is 2.08. The number of likely N-dealkylation sites (N-methyl/N-ethyl adjacent to an activating group) is 1. The molecule has 0 aliphatic carbocycles. The molecule has 0 bridgehead atoms. The number of hydrogen-bond donors (Lipinski definition) is 1. The average Bonchev–Trinajstić information content (AvgIpc) is 2.89. The Morgan fingerprint density at radius 2 is 2.10 bits per heavy atom. The molecule has 0 radical (unpaired) electrons. The molecule has 1 aromatic carbocycles. The second kappa shape index (κ2) is 7.69. The maximum atomic E-state index is 13.9. The first-order valence-corrected chi connectivity index (χ1v) is 7.62. The lowest BCUT2D eigenvalue weighted by Gasteiger charge is -2.14. The van der Waals surface area contributed by atoms with E-state index in [1.165, 1.54) is 6.07 Å². The molecule has 0 aliphatic heterocycles. The molecule has 3 nitrogen and oxygen atoms in total. The fourth-order valence-electron chi connectivity index (χ4n) is 2.08. The van der Waals surface area contributed by atoms with Crippen LogP contribution in [-0.2, 0) is 11.2 Å². The molecule has 0 atom stereocenters. The summed E-state index contributed by atoms with van der Waals surface area (Å²) in [7, 11) is 1.94. The molecular weight excluding hydrogens is 277 g/mol. The van der Waals surface area contributed by atoms with Crippen LogP contribution >= 0.6 is 11.3 Å². The monoisotopic (exact) mass is 297 g/mol. The van der Waals surface area contributed by atoms with Crippen LogP contribution in [0.15, 0.2) is 23.6 Å². The van der Waals surface area contributed by atoms with Crippen molar-refractivity contribution < 1.29 is 14.2 Å². The minimum atomic E-state index is -0.152. The Morgan fingerprint density at radius 3 is 2.90 bits per heavy atom. The van der Waals surface area contributed by atoms with E-state index in [1.54, 1.807) is 11.3 Å². The maximum Gasteiger partial charge on any atom is 0.127 e. The number of hydrogen-bond acceptors (Lipinski definition) is 4. The number of aliphatic hydroxyl groups is 1. The lowest BCUT2D eigenvalue weighted by molar-refractivity contribution is 0.107. The number of ether oxygens (including phenoxy) is 1. The number of aliphatic hydroxyl groups excluding tert-OH is 1. The molecule has 2 aromatic rings. The van der Waals surface area contributed by atoms with Crippen molar-refractivity contribution in [2.45, 2.75) is 6.42 Å². The summed E-state index contributed by atoms with van der Waals surface area (Å²) in [5.41, 5.74) is 0.751. The minimum Gasteiger partial charge on any atom is -0.395 e. The lowest BCUT2D eigenvalue weighted by Crippen LogP contribution is -2.26. The van der Waals surface area contributed by atoms with Crippen molar-refractivity contribution in [3.05, 3.63) is 35.0 Å². The van der Waals surface area contributed by atoms with Gasteiger partial charge in [0.05, 0.1) is 19.8 Å². The van der Waals surface area contributed by atoms with Crippen molar-refractivity contribution in [1.29, 1.82) is 0 Å². The Balaban J connectivity index is 1.81. The fraction of sp³-hybridized carbons (Fsp3) is 0.467. The van der Waals surface area contributed by atoms with Gasteiger partial charge in [0.2, 0.25) is 0 Å². The molecule has 20 heavy (non-hydrogen) atoms.